The number of thiophene rings is 1. The zero-order valence-corrected chi connectivity index (χ0v) is 14.6. The van der Waals surface area contributed by atoms with E-state index in [1.165, 1.54) is 4.88 Å². The van der Waals surface area contributed by atoms with Gasteiger partial charge in [0.1, 0.15) is 5.75 Å². The highest BCUT2D eigenvalue weighted by Crippen LogP contribution is 2.26. The molecule has 1 unspecified atom stereocenters. The average molecular weight is 346 g/mol. The number of carbonyl (C=O) groups is 1. The molecular formula is C18H22N2O3S. The molecule has 1 aliphatic rings. The van der Waals surface area contributed by atoms with Crippen LogP contribution in [0.3, 0.4) is 0 Å². The Morgan fingerprint density at radius 3 is 2.79 bits per heavy atom. The molecule has 2 aromatic rings. The first kappa shape index (κ1) is 17.0. The Kier molecular flexibility index (Phi) is 5.85. The van der Waals surface area contributed by atoms with Crippen LogP contribution in [0.5, 0.6) is 5.75 Å². The number of hydrogen-bond donors (Lipinski definition) is 1. The summed E-state index contributed by atoms with van der Waals surface area (Å²) in [6, 6.07) is 11.6. The van der Waals surface area contributed by atoms with E-state index in [-0.39, 0.29) is 11.9 Å². The maximum atomic E-state index is 12.6. The van der Waals surface area contributed by atoms with E-state index < -0.39 is 0 Å². The molecule has 2 heterocycles. The standard InChI is InChI=1S/C18H22N2O3S/c1-22-16-6-3-2-5-14(16)18(21)19-13-15(17-7-4-12-24-17)20-8-10-23-11-9-20/h2-7,12,15H,8-11,13H2,1H3,(H,19,21). The molecule has 0 spiro atoms. The number of ether oxygens (including phenoxy) is 2. The second-order valence-corrected chi connectivity index (χ2v) is 6.57. The Morgan fingerprint density at radius 1 is 1.29 bits per heavy atom. The van der Waals surface area contributed by atoms with Gasteiger partial charge in [0.25, 0.3) is 5.91 Å². The molecule has 1 saturated heterocycles. The summed E-state index contributed by atoms with van der Waals surface area (Å²) in [4.78, 5) is 16.2. The van der Waals surface area contributed by atoms with Crippen LogP contribution in [-0.4, -0.2) is 50.8 Å². The third kappa shape index (κ3) is 3.95. The van der Waals surface area contributed by atoms with Gasteiger partial charge < -0.3 is 14.8 Å². The van der Waals surface area contributed by atoms with E-state index in [1.54, 1.807) is 30.6 Å². The minimum atomic E-state index is -0.109. The Bertz CT molecular complexity index is 654. The number of methoxy groups -OCH3 is 1. The number of hydrogen-bond acceptors (Lipinski definition) is 5. The molecule has 6 heteroatoms. The van der Waals surface area contributed by atoms with Gasteiger partial charge in [-0.15, -0.1) is 11.3 Å². The van der Waals surface area contributed by atoms with Crippen LogP contribution < -0.4 is 10.1 Å². The number of amides is 1. The molecule has 1 amide bonds. The lowest BCUT2D eigenvalue weighted by Crippen LogP contribution is -2.43. The second kappa shape index (κ2) is 8.28. The molecule has 1 fully saturated rings. The van der Waals surface area contributed by atoms with Crippen molar-refractivity contribution in [3.05, 3.63) is 52.2 Å². The van der Waals surface area contributed by atoms with Crippen LogP contribution in [0.4, 0.5) is 0 Å². The number of nitrogens with one attached hydrogen (secondary N) is 1. The van der Waals surface area contributed by atoms with Crippen molar-refractivity contribution >= 4 is 17.2 Å². The van der Waals surface area contributed by atoms with E-state index >= 15 is 0 Å². The average Bonchev–Trinajstić information content (AvgIpc) is 3.17. The van der Waals surface area contributed by atoms with Crippen LogP contribution in [0, 0.1) is 0 Å². The summed E-state index contributed by atoms with van der Waals surface area (Å²) in [6.07, 6.45) is 0. The zero-order chi connectivity index (χ0) is 16.8. The van der Waals surface area contributed by atoms with Gasteiger partial charge in [0.05, 0.1) is 31.9 Å². The summed E-state index contributed by atoms with van der Waals surface area (Å²) in [5.41, 5.74) is 0.562. The highest BCUT2D eigenvalue weighted by molar-refractivity contribution is 7.10. The molecule has 128 valence electrons. The molecule has 0 radical (unpaired) electrons. The largest absolute Gasteiger partial charge is 0.496 e. The van der Waals surface area contributed by atoms with Crippen molar-refractivity contribution in [3.8, 4) is 5.75 Å². The fraction of sp³-hybridized carbons (Fsp3) is 0.389. The van der Waals surface area contributed by atoms with E-state index in [4.69, 9.17) is 9.47 Å². The van der Waals surface area contributed by atoms with Crippen LogP contribution in [0.1, 0.15) is 21.3 Å². The molecule has 5 nitrogen and oxygen atoms in total. The lowest BCUT2D eigenvalue weighted by molar-refractivity contribution is 0.0169. The summed E-state index contributed by atoms with van der Waals surface area (Å²) in [6.45, 7) is 3.81. The van der Waals surface area contributed by atoms with Gasteiger partial charge in [-0.05, 0) is 23.6 Å². The first-order chi connectivity index (χ1) is 11.8. The number of nitrogens with zero attached hydrogens (tertiary/aromatic N) is 1. The summed E-state index contributed by atoms with van der Waals surface area (Å²) < 4.78 is 10.7. The third-order valence-electron chi connectivity index (χ3n) is 4.17. The maximum absolute atomic E-state index is 12.6. The van der Waals surface area contributed by atoms with Crippen molar-refractivity contribution in [2.75, 3.05) is 40.0 Å². The number of rotatable bonds is 6. The Balaban J connectivity index is 1.70. The van der Waals surface area contributed by atoms with Crippen molar-refractivity contribution in [2.24, 2.45) is 0 Å². The van der Waals surface area contributed by atoms with Gasteiger partial charge in [0, 0.05) is 24.5 Å². The van der Waals surface area contributed by atoms with Gasteiger partial charge in [0.2, 0.25) is 0 Å². The zero-order valence-electron chi connectivity index (χ0n) is 13.7. The summed E-state index contributed by atoms with van der Waals surface area (Å²) in [7, 11) is 1.58. The van der Waals surface area contributed by atoms with Gasteiger partial charge >= 0.3 is 0 Å². The summed E-state index contributed by atoms with van der Waals surface area (Å²) in [5.74, 6) is 0.483. The van der Waals surface area contributed by atoms with Gasteiger partial charge in [-0.1, -0.05) is 18.2 Å². The molecular weight excluding hydrogens is 324 g/mol. The van der Waals surface area contributed by atoms with Crippen molar-refractivity contribution in [1.29, 1.82) is 0 Å². The van der Waals surface area contributed by atoms with Gasteiger partial charge in [-0.2, -0.15) is 0 Å². The van der Waals surface area contributed by atoms with Gasteiger partial charge in [0.15, 0.2) is 0 Å². The first-order valence-electron chi connectivity index (χ1n) is 8.06. The SMILES string of the molecule is COc1ccccc1C(=O)NCC(c1cccs1)N1CCOCC1. The number of benzene rings is 1. The van der Waals surface area contributed by atoms with Crippen LogP contribution in [0.25, 0.3) is 0 Å². The molecule has 24 heavy (non-hydrogen) atoms. The molecule has 1 atom stereocenters. The first-order valence-corrected chi connectivity index (χ1v) is 8.94. The molecule has 0 bridgehead atoms. The van der Waals surface area contributed by atoms with Crippen molar-refractivity contribution in [2.45, 2.75) is 6.04 Å². The maximum Gasteiger partial charge on any atom is 0.255 e. The Labute approximate surface area is 146 Å². The summed E-state index contributed by atoms with van der Waals surface area (Å²) in [5, 5.41) is 5.14. The fourth-order valence-corrected chi connectivity index (χ4v) is 3.76. The second-order valence-electron chi connectivity index (χ2n) is 5.59. The predicted molar refractivity (Wildman–Crippen MR) is 94.8 cm³/mol. The Hall–Kier alpha value is -1.89. The number of carbonyl (C=O) groups excluding carboxylic acids is 1. The van der Waals surface area contributed by atoms with Crippen molar-refractivity contribution in [1.82, 2.24) is 10.2 Å². The van der Waals surface area contributed by atoms with Gasteiger partial charge in [-0.25, -0.2) is 0 Å². The minimum absolute atomic E-state index is 0.109. The van der Waals surface area contributed by atoms with E-state index in [9.17, 15) is 4.79 Å². The fourth-order valence-electron chi connectivity index (χ4n) is 2.90. The number of para-hydroxylation sites is 1. The van der Waals surface area contributed by atoms with Crippen molar-refractivity contribution in [3.63, 3.8) is 0 Å². The van der Waals surface area contributed by atoms with E-state index in [0.717, 1.165) is 26.3 Å². The quantitative estimate of drug-likeness (QED) is 0.873. The lowest BCUT2D eigenvalue weighted by atomic mass is 10.1. The molecule has 1 aromatic carbocycles. The molecule has 1 N–H and O–H groups in total. The number of morpholine rings is 1. The molecule has 0 aliphatic carbocycles. The van der Waals surface area contributed by atoms with E-state index in [0.29, 0.717) is 17.9 Å². The smallest absolute Gasteiger partial charge is 0.255 e. The van der Waals surface area contributed by atoms with Crippen LogP contribution >= 0.6 is 11.3 Å². The molecule has 1 aliphatic heterocycles. The topological polar surface area (TPSA) is 50.8 Å². The van der Waals surface area contributed by atoms with Crippen molar-refractivity contribution < 1.29 is 14.3 Å². The highest BCUT2D eigenvalue weighted by Gasteiger charge is 2.24. The van der Waals surface area contributed by atoms with E-state index in [2.05, 4.69) is 27.7 Å². The third-order valence-corrected chi connectivity index (χ3v) is 5.14. The Morgan fingerprint density at radius 2 is 2.08 bits per heavy atom. The molecule has 0 saturated carbocycles. The highest BCUT2D eigenvalue weighted by atomic mass is 32.1. The molecule has 3 rings (SSSR count). The predicted octanol–water partition coefficient (Wildman–Crippen LogP) is 2.56. The minimum Gasteiger partial charge on any atom is -0.496 e. The van der Waals surface area contributed by atoms with Crippen LogP contribution in [0.15, 0.2) is 41.8 Å². The van der Waals surface area contributed by atoms with Crippen LogP contribution in [0.2, 0.25) is 0 Å². The summed E-state index contributed by atoms with van der Waals surface area (Å²) >= 11 is 1.72. The van der Waals surface area contributed by atoms with E-state index in [1.807, 2.05) is 12.1 Å². The molecule has 1 aromatic heterocycles. The normalized spacial score (nSPS) is 16.5. The monoisotopic (exact) mass is 346 g/mol. The van der Waals surface area contributed by atoms with Crippen LogP contribution in [-0.2, 0) is 4.74 Å². The van der Waals surface area contributed by atoms with Gasteiger partial charge in [-0.3, -0.25) is 9.69 Å². The lowest BCUT2D eigenvalue weighted by Gasteiger charge is -2.34.